The van der Waals surface area contributed by atoms with Gasteiger partial charge in [-0.05, 0) is 18.7 Å². The molecule has 0 saturated carbocycles. The molecular formula is C13H14N4OS. The van der Waals surface area contributed by atoms with Crippen LogP contribution >= 0.6 is 11.3 Å². The number of hydrogen-bond acceptors (Lipinski definition) is 5. The third-order valence-corrected chi connectivity index (χ3v) is 3.69. The SMILES string of the molecule is COc1ccccc1-c1csc2nc(CCN)nn12. The highest BCUT2D eigenvalue weighted by atomic mass is 32.1. The minimum atomic E-state index is 0.557. The Morgan fingerprint density at radius 1 is 1.37 bits per heavy atom. The van der Waals surface area contributed by atoms with Gasteiger partial charge in [-0.25, -0.2) is 9.50 Å². The van der Waals surface area contributed by atoms with Crippen LogP contribution in [-0.2, 0) is 6.42 Å². The molecule has 0 aliphatic rings. The molecule has 0 radical (unpaired) electrons. The van der Waals surface area contributed by atoms with Gasteiger partial charge in [0.05, 0.1) is 12.8 Å². The first-order valence-corrected chi connectivity index (χ1v) is 6.88. The second-order valence-electron chi connectivity index (χ2n) is 4.08. The van der Waals surface area contributed by atoms with Gasteiger partial charge in [0.1, 0.15) is 5.75 Å². The van der Waals surface area contributed by atoms with Crippen molar-refractivity contribution in [1.82, 2.24) is 14.6 Å². The Balaban J connectivity index is 2.14. The summed E-state index contributed by atoms with van der Waals surface area (Å²) < 4.78 is 7.25. The monoisotopic (exact) mass is 274 g/mol. The molecule has 5 nitrogen and oxygen atoms in total. The first-order chi connectivity index (χ1) is 9.33. The summed E-state index contributed by atoms with van der Waals surface area (Å²) in [5, 5.41) is 6.54. The average molecular weight is 274 g/mol. The van der Waals surface area contributed by atoms with Crippen molar-refractivity contribution in [3.8, 4) is 17.0 Å². The molecule has 1 aromatic carbocycles. The van der Waals surface area contributed by atoms with Gasteiger partial charge in [-0.3, -0.25) is 0 Å². The summed E-state index contributed by atoms with van der Waals surface area (Å²) in [4.78, 5) is 5.33. The van der Waals surface area contributed by atoms with Gasteiger partial charge in [0, 0.05) is 17.4 Å². The van der Waals surface area contributed by atoms with Crippen molar-refractivity contribution in [3.63, 3.8) is 0 Å². The van der Waals surface area contributed by atoms with Crippen molar-refractivity contribution in [1.29, 1.82) is 0 Å². The highest BCUT2D eigenvalue weighted by Crippen LogP contribution is 2.32. The van der Waals surface area contributed by atoms with Crippen molar-refractivity contribution in [3.05, 3.63) is 35.5 Å². The lowest BCUT2D eigenvalue weighted by atomic mass is 10.1. The number of aromatic nitrogens is 3. The van der Waals surface area contributed by atoms with E-state index in [1.807, 2.05) is 34.2 Å². The molecule has 98 valence electrons. The van der Waals surface area contributed by atoms with Crippen LogP contribution in [0.1, 0.15) is 5.82 Å². The normalized spacial score (nSPS) is 11.1. The molecule has 2 aromatic heterocycles. The Hall–Kier alpha value is -1.92. The number of thiazole rings is 1. The second-order valence-corrected chi connectivity index (χ2v) is 4.92. The highest BCUT2D eigenvalue weighted by Gasteiger charge is 2.13. The standard InChI is InChI=1S/C13H14N4OS/c1-18-11-5-3-2-4-9(11)10-8-19-13-15-12(6-7-14)16-17(10)13/h2-5,8H,6-7,14H2,1H3. The van der Waals surface area contributed by atoms with Crippen LogP contribution in [0.15, 0.2) is 29.6 Å². The summed E-state index contributed by atoms with van der Waals surface area (Å²) in [6.07, 6.45) is 0.694. The van der Waals surface area contributed by atoms with E-state index in [0.717, 1.165) is 27.8 Å². The topological polar surface area (TPSA) is 65.4 Å². The maximum absolute atomic E-state index is 5.54. The molecule has 0 amide bonds. The summed E-state index contributed by atoms with van der Waals surface area (Å²) in [7, 11) is 1.67. The molecule has 19 heavy (non-hydrogen) atoms. The molecule has 0 aliphatic heterocycles. The Morgan fingerprint density at radius 2 is 2.21 bits per heavy atom. The van der Waals surface area contributed by atoms with Crippen LogP contribution < -0.4 is 10.5 Å². The van der Waals surface area contributed by atoms with Gasteiger partial charge < -0.3 is 10.5 Å². The highest BCUT2D eigenvalue weighted by molar-refractivity contribution is 7.15. The van der Waals surface area contributed by atoms with Crippen molar-refractivity contribution in [2.75, 3.05) is 13.7 Å². The Kier molecular flexibility index (Phi) is 3.18. The molecule has 3 aromatic rings. The number of para-hydroxylation sites is 1. The number of fused-ring (bicyclic) bond motifs is 1. The fourth-order valence-corrected chi connectivity index (χ4v) is 2.84. The van der Waals surface area contributed by atoms with Crippen LogP contribution in [0.2, 0.25) is 0 Å². The molecular weight excluding hydrogens is 260 g/mol. The average Bonchev–Trinajstić information content (AvgIpc) is 2.99. The van der Waals surface area contributed by atoms with Gasteiger partial charge in [-0.2, -0.15) is 0 Å². The van der Waals surface area contributed by atoms with E-state index in [2.05, 4.69) is 10.1 Å². The molecule has 0 saturated heterocycles. The zero-order valence-corrected chi connectivity index (χ0v) is 11.4. The van der Waals surface area contributed by atoms with Crippen LogP contribution in [0.25, 0.3) is 16.2 Å². The summed E-state index contributed by atoms with van der Waals surface area (Å²) in [6.45, 7) is 0.557. The van der Waals surface area contributed by atoms with Gasteiger partial charge in [0.2, 0.25) is 4.96 Å². The third kappa shape index (κ3) is 2.09. The number of methoxy groups -OCH3 is 1. The summed E-state index contributed by atoms with van der Waals surface area (Å²) in [6, 6.07) is 7.90. The minimum Gasteiger partial charge on any atom is -0.496 e. The lowest BCUT2D eigenvalue weighted by Gasteiger charge is -2.06. The van der Waals surface area contributed by atoms with Crippen molar-refractivity contribution in [2.45, 2.75) is 6.42 Å². The van der Waals surface area contributed by atoms with E-state index in [1.54, 1.807) is 18.4 Å². The minimum absolute atomic E-state index is 0.557. The van der Waals surface area contributed by atoms with Crippen molar-refractivity contribution in [2.24, 2.45) is 5.73 Å². The molecule has 6 heteroatoms. The van der Waals surface area contributed by atoms with E-state index in [9.17, 15) is 0 Å². The number of nitrogens with zero attached hydrogens (tertiary/aromatic N) is 3. The van der Waals surface area contributed by atoms with Crippen molar-refractivity contribution < 1.29 is 4.74 Å². The zero-order chi connectivity index (χ0) is 13.2. The van der Waals surface area contributed by atoms with Crippen LogP contribution in [0.5, 0.6) is 5.75 Å². The Labute approximate surface area is 114 Å². The smallest absolute Gasteiger partial charge is 0.212 e. The summed E-state index contributed by atoms with van der Waals surface area (Å²) in [5.41, 5.74) is 7.55. The maximum atomic E-state index is 5.54. The molecule has 2 heterocycles. The molecule has 0 atom stereocenters. The summed E-state index contributed by atoms with van der Waals surface area (Å²) in [5.74, 6) is 1.61. The molecule has 3 rings (SSSR count). The number of ether oxygens (including phenoxy) is 1. The van der Waals surface area contributed by atoms with Crippen LogP contribution in [0.3, 0.4) is 0 Å². The number of hydrogen-bond donors (Lipinski definition) is 1. The molecule has 0 aliphatic carbocycles. The lowest BCUT2D eigenvalue weighted by molar-refractivity contribution is 0.416. The third-order valence-electron chi connectivity index (χ3n) is 2.88. The number of benzene rings is 1. The van der Waals surface area contributed by atoms with Crippen LogP contribution in [0, 0.1) is 0 Å². The first-order valence-electron chi connectivity index (χ1n) is 6.00. The molecule has 0 bridgehead atoms. The second kappa shape index (κ2) is 4.99. The quantitative estimate of drug-likeness (QED) is 0.790. The van der Waals surface area contributed by atoms with E-state index in [4.69, 9.17) is 10.5 Å². The van der Waals surface area contributed by atoms with Gasteiger partial charge in [0.15, 0.2) is 5.82 Å². The van der Waals surface area contributed by atoms with Gasteiger partial charge in [-0.15, -0.1) is 16.4 Å². The number of nitrogens with two attached hydrogens (primary N) is 1. The van der Waals surface area contributed by atoms with Crippen molar-refractivity contribution >= 4 is 16.3 Å². The van der Waals surface area contributed by atoms with E-state index in [-0.39, 0.29) is 0 Å². The zero-order valence-electron chi connectivity index (χ0n) is 10.5. The Morgan fingerprint density at radius 3 is 3.00 bits per heavy atom. The lowest BCUT2D eigenvalue weighted by Crippen LogP contribution is -2.04. The Bertz CT molecular complexity index is 704. The first kappa shape index (κ1) is 12.1. The van der Waals surface area contributed by atoms with E-state index < -0.39 is 0 Å². The largest absolute Gasteiger partial charge is 0.496 e. The van der Waals surface area contributed by atoms with E-state index in [0.29, 0.717) is 13.0 Å². The van der Waals surface area contributed by atoms with Gasteiger partial charge >= 0.3 is 0 Å². The molecule has 0 unspecified atom stereocenters. The molecule has 0 fully saturated rings. The number of rotatable bonds is 4. The van der Waals surface area contributed by atoms with E-state index >= 15 is 0 Å². The van der Waals surface area contributed by atoms with Crippen LogP contribution in [0.4, 0.5) is 0 Å². The van der Waals surface area contributed by atoms with Crippen LogP contribution in [-0.4, -0.2) is 28.3 Å². The molecule has 2 N–H and O–H groups in total. The fraction of sp³-hybridized carbons (Fsp3) is 0.231. The summed E-state index contributed by atoms with van der Waals surface area (Å²) >= 11 is 1.57. The predicted molar refractivity (Wildman–Crippen MR) is 75.6 cm³/mol. The predicted octanol–water partition coefficient (Wildman–Crippen LogP) is 1.97. The fourth-order valence-electron chi connectivity index (χ4n) is 2.00. The van der Waals surface area contributed by atoms with Gasteiger partial charge in [0.25, 0.3) is 0 Å². The van der Waals surface area contributed by atoms with E-state index in [1.165, 1.54) is 0 Å². The van der Waals surface area contributed by atoms with Gasteiger partial charge in [-0.1, -0.05) is 12.1 Å². The molecule has 0 spiro atoms. The maximum Gasteiger partial charge on any atom is 0.212 e.